The van der Waals surface area contributed by atoms with E-state index in [4.69, 9.17) is 0 Å². The number of halogens is 1. The van der Waals surface area contributed by atoms with Crippen molar-refractivity contribution in [3.05, 3.63) is 65.3 Å². The fourth-order valence-corrected chi connectivity index (χ4v) is 4.47. The summed E-state index contributed by atoms with van der Waals surface area (Å²) in [6.07, 6.45) is 0. The van der Waals surface area contributed by atoms with Crippen LogP contribution < -0.4 is 5.32 Å². The van der Waals surface area contributed by atoms with Crippen LogP contribution in [0, 0.1) is 5.82 Å². The van der Waals surface area contributed by atoms with Crippen LogP contribution in [-0.2, 0) is 4.79 Å². The number of carbonyl (C=O) groups excluding carboxylic acids is 2. The van der Waals surface area contributed by atoms with Crippen LogP contribution in [0.4, 0.5) is 10.1 Å². The Kier molecular flexibility index (Phi) is 6.03. The molecule has 138 valence electrons. The van der Waals surface area contributed by atoms with Crippen molar-refractivity contribution < 1.29 is 14.0 Å². The van der Waals surface area contributed by atoms with Crippen LogP contribution in [0.5, 0.6) is 0 Å². The molecule has 1 unspecified atom stereocenters. The molecular weight excluding hydrogens is 383 g/mol. The van der Waals surface area contributed by atoms with Crippen molar-refractivity contribution in [2.24, 2.45) is 0 Å². The first-order valence-corrected chi connectivity index (χ1v) is 9.98. The van der Waals surface area contributed by atoms with Gasteiger partial charge in [0, 0.05) is 29.1 Å². The number of benzene rings is 2. The Balaban J connectivity index is 1.66. The number of rotatable bonds is 6. The lowest BCUT2D eigenvalue weighted by atomic mass is 10.1. The summed E-state index contributed by atoms with van der Waals surface area (Å²) in [4.78, 5) is 28.2. The zero-order chi connectivity index (χ0) is 19.4. The Labute approximate surface area is 164 Å². The Morgan fingerprint density at radius 1 is 1.11 bits per heavy atom. The van der Waals surface area contributed by atoms with Gasteiger partial charge >= 0.3 is 0 Å². The lowest BCUT2D eigenvalue weighted by Crippen LogP contribution is -2.13. The average molecular weight is 400 g/mol. The summed E-state index contributed by atoms with van der Waals surface area (Å²) in [5, 5.41) is 4.27. The molecule has 1 atom stereocenters. The van der Waals surface area contributed by atoms with E-state index in [9.17, 15) is 14.0 Å². The molecule has 1 amide bonds. The summed E-state index contributed by atoms with van der Waals surface area (Å²) in [6, 6.07) is 13.0. The fourth-order valence-electron chi connectivity index (χ4n) is 2.43. The monoisotopic (exact) mass is 400 g/mol. The smallest absolute Gasteiger partial charge is 0.221 e. The van der Waals surface area contributed by atoms with Crippen LogP contribution in [0.1, 0.15) is 24.2 Å². The number of thiazole rings is 1. The number of thioether (sulfide) groups is 1. The number of Topliss-reactive ketones (excluding diaryl/α,β-unsaturated/α-hetero) is 1. The summed E-state index contributed by atoms with van der Waals surface area (Å²) >= 11 is 2.85. The van der Waals surface area contributed by atoms with E-state index in [2.05, 4.69) is 10.3 Å². The van der Waals surface area contributed by atoms with Crippen LogP contribution in [0.25, 0.3) is 11.3 Å². The second kappa shape index (κ2) is 8.45. The van der Waals surface area contributed by atoms with Crippen molar-refractivity contribution in [3.8, 4) is 11.3 Å². The molecule has 0 saturated heterocycles. The van der Waals surface area contributed by atoms with Gasteiger partial charge in [0.05, 0.1) is 10.9 Å². The van der Waals surface area contributed by atoms with E-state index in [1.165, 1.54) is 42.2 Å². The predicted octanol–water partition coefficient (Wildman–Crippen LogP) is 5.27. The SMILES string of the molecule is CC(=O)Nc1ccc(C(=O)C(C)Sc2nc(-c3ccc(F)cc3)cs2)cc1. The van der Waals surface area contributed by atoms with Crippen LogP contribution >= 0.6 is 23.1 Å². The highest BCUT2D eigenvalue weighted by Crippen LogP contribution is 2.32. The van der Waals surface area contributed by atoms with Crippen molar-refractivity contribution in [2.75, 3.05) is 5.32 Å². The first-order chi connectivity index (χ1) is 12.9. The minimum Gasteiger partial charge on any atom is -0.326 e. The Hall–Kier alpha value is -2.51. The van der Waals surface area contributed by atoms with E-state index in [1.807, 2.05) is 12.3 Å². The number of anilines is 1. The molecule has 1 heterocycles. The summed E-state index contributed by atoms with van der Waals surface area (Å²) in [7, 11) is 0. The molecule has 0 bridgehead atoms. The number of nitrogens with zero attached hydrogens (tertiary/aromatic N) is 1. The van der Waals surface area contributed by atoms with Gasteiger partial charge in [0.15, 0.2) is 10.1 Å². The highest BCUT2D eigenvalue weighted by Gasteiger charge is 2.18. The maximum Gasteiger partial charge on any atom is 0.221 e. The van der Waals surface area contributed by atoms with Gasteiger partial charge in [0.25, 0.3) is 0 Å². The molecule has 0 radical (unpaired) electrons. The first-order valence-electron chi connectivity index (χ1n) is 8.22. The molecule has 0 aliphatic rings. The maximum absolute atomic E-state index is 13.0. The van der Waals surface area contributed by atoms with Gasteiger partial charge < -0.3 is 5.32 Å². The molecule has 2 aromatic carbocycles. The van der Waals surface area contributed by atoms with Crippen molar-refractivity contribution in [1.82, 2.24) is 4.98 Å². The Morgan fingerprint density at radius 3 is 2.41 bits per heavy atom. The third-order valence-electron chi connectivity index (χ3n) is 3.76. The van der Waals surface area contributed by atoms with Crippen LogP contribution in [0.3, 0.4) is 0 Å². The molecule has 3 rings (SSSR count). The fraction of sp³-hybridized carbons (Fsp3) is 0.150. The van der Waals surface area contributed by atoms with Crippen LogP contribution in [0.15, 0.2) is 58.3 Å². The van der Waals surface area contributed by atoms with Crippen molar-refractivity contribution >= 4 is 40.5 Å². The quantitative estimate of drug-likeness (QED) is 0.452. The lowest BCUT2D eigenvalue weighted by molar-refractivity contribution is -0.114. The van der Waals surface area contributed by atoms with Gasteiger partial charge in [0.1, 0.15) is 5.82 Å². The number of amides is 1. The summed E-state index contributed by atoms with van der Waals surface area (Å²) in [5.74, 6) is -0.445. The zero-order valence-corrected chi connectivity index (χ0v) is 16.4. The number of ketones is 1. The number of hydrogen-bond donors (Lipinski definition) is 1. The molecular formula is C20H17FN2O2S2. The molecule has 1 N–H and O–H groups in total. The number of aromatic nitrogens is 1. The van der Waals surface area contributed by atoms with Gasteiger partial charge in [-0.15, -0.1) is 11.3 Å². The van der Waals surface area contributed by atoms with E-state index < -0.39 is 0 Å². The maximum atomic E-state index is 13.0. The number of carbonyl (C=O) groups is 2. The van der Waals surface area contributed by atoms with Gasteiger partial charge in [-0.25, -0.2) is 9.37 Å². The van der Waals surface area contributed by atoms with Crippen LogP contribution in [-0.4, -0.2) is 21.9 Å². The molecule has 1 aromatic heterocycles. The minimum absolute atomic E-state index is 0.00657. The third-order valence-corrected chi connectivity index (χ3v) is 5.83. The van der Waals surface area contributed by atoms with Crippen molar-refractivity contribution in [2.45, 2.75) is 23.4 Å². The standard InChI is InChI=1S/C20H17FN2O2S2/c1-12(19(25)15-5-9-17(10-6-15)22-13(2)24)27-20-23-18(11-26-20)14-3-7-16(21)8-4-14/h3-12H,1-2H3,(H,22,24). The number of nitrogens with one attached hydrogen (secondary N) is 1. The predicted molar refractivity (Wildman–Crippen MR) is 108 cm³/mol. The lowest BCUT2D eigenvalue weighted by Gasteiger charge is -2.09. The molecule has 27 heavy (non-hydrogen) atoms. The molecule has 7 heteroatoms. The molecule has 0 fully saturated rings. The van der Waals surface area contributed by atoms with E-state index in [1.54, 1.807) is 36.4 Å². The van der Waals surface area contributed by atoms with E-state index >= 15 is 0 Å². The van der Waals surface area contributed by atoms with Gasteiger partial charge in [0.2, 0.25) is 5.91 Å². The third kappa shape index (κ3) is 5.02. The second-order valence-electron chi connectivity index (χ2n) is 5.89. The molecule has 3 aromatic rings. The topological polar surface area (TPSA) is 59.1 Å². The summed E-state index contributed by atoms with van der Waals surface area (Å²) < 4.78 is 13.8. The molecule has 0 spiro atoms. The zero-order valence-electron chi connectivity index (χ0n) is 14.7. The molecule has 4 nitrogen and oxygen atoms in total. The van der Waals surface area contributed by atoms with Gasteiger partial charge in [-0.2, -0.15) is 0 Å². The largest absolute Gasteiger partial charge is 0.326 e. The van der Waals surface area contributed by atoms with Gasteiger partial charge in [-0.1, -0.05) is 11.8 Å². The highest BCUT2D eigenvalue weighted by molar-refractivity contribution is 8.02. The first kappa shape index (κ1) is 19.3. The van der Waals surface area contributed by atoms with Crippen molar-refractivity contribution in [1.29, 1.82) is 0 Å². The normalized spacial score (nSPS) is 11.8. The number of hydrogen-bond acceptors (Lipinski definition) is 5. The van der Waals surface area contributed by atoms with Crippen molar-refractivity contribution in [3.63, 3.8) is 0 Å². The Morgan fingerprint density at radius 2 is 1.78 bits per heavy atom. The Bertz CT molecular complexity index is 953. The van der Waals surface area contributed by atoms with E-state index in [-0.39, 0.29) is 22.8 Å². The second-order valence-corrected chi connectivity index (χ2v) is 8.33. The highest BCUT2D eigenvalue weighted by atomic mass is 32.2. The molecule has 0 aliphatic carbocycles. The molecule has 0 aliphatic heterocycles. The van der Waals surface area contributed by atoms with Crippen LogP contribution in [0.2, 0.25) is 0 Å². The summed E-state index contributed by atoms with van der Waals surface area (Å²) in [6.45, 7) is 3.28. The van der Waals surface area contributed by atoms with Gasteiger partial charge in [-0.05, 0) is 55.5 Å². The van der Waals surface area contributed by atoms with E-state index in [0.717, 1.165) is 15.6 Å². The van der Waals surface area contributed by atoms with Gasteiger partial charge in [-0.3, -0.25) is 9.59 Å². The minimum atomic E-state index is -0.302. The molecule has 0 saturated carbocycles. The summed E-state index contributed by atoms with van der Waals surface area (Å²) in [5.41, 5.74) is 2.84. The average Bonchev–Trinajstić information content (AvgIpc) is 3.10. The van der Waals surface area contributed by atoms with E-state index in [0.29, 0.717) is 11.3 Å².